The lowest BCUT2D eigenvalue weighted by Crippen LogP contribution is -2.53. The first-order valence-electron chi connectivity index (χ1n) is 12.7. The molecule has 1 aliphatic rings. The highest BCUT2D eigenvalue weighted by Crippen LogP contribution is 2.37. The van der Waals surface area contributed by atoms with E-state index in [1.807, 2.05) is 25.1 Å². The van der Waals surface area contributed by atoms with E-state index in [1.54, 1.807) is 13.0 Å². The predicted molar refractivity (Wildman–Crippen MR) is 145 cm³/mol. The summed E-state index contributed by atoms with van der Waals surface area (Å²) >= 11 is 5.72. The largest absolute Gasteiger partial charge is 0.417 e. The zero-order valence-corrected chi connectivity index (χ0v) is 23.7. The Kier molecular flexibility index (Phi) is 9.93. The van der Waals surface area contributed by atoms with Crippen molar-refractivity contribution in [1.82, 2.24) is 10.2 Å². The Bertz CT molecular complexity index is 1300. The maximum atomic E-state index is 13.7. The van der Waals surface area contributed by atoms with Crippen molar-refractivity contribution in [2.75, 3.05) is 17.1 Å². The predicted octanol–water partition coefficient (Wildman–Crippen LogP) is 5.30. The Morgan fingerprint density at radius 3 is 2.36 bits per heavy atom. The van der Waals surface area contributed by atoms with Gasteiger partial charge in [-0.05, 0) is 49.9 Å². The van der Waals surface area contributed by atoms with Gasteiger partial charge in [-0.1, -0.05) is 61.2 Å². The lowest BCUT2D eigenvalue weighted by Gasteiger charge is -2.33. The molecule has 0 unspecified atom stereocenters. The molecule has 7 nitrogen and oxygen atoms in total. The van der Waals surface area contributed by atoms with E-state index in [9.17, 15) is 31.2 Å². The van der Waals surface area contributed by atoms with Crippen LogP contribution in [0.1, 0.15) is 55.7 Å². The number of sulfonamides is 1. The van der Waals surface area contributed by atoms with Crippen LogP contribution >= 0.6 is 11.6 Å². The molecule has 12 heteroatoms. The molecule has 2 aromatic rings. The topological polar surface area (TPSA) is 86.8 Å². The van der Waals surface area contributed by atoms with Gasteiger partial charge in [0.2, 0.25) is 21.8 Å². The van der Waals surface area contributed by atoms with Gasteiger partial charge in [0.25, 0.3) is 0 Å². The lowest BCUT2D eigenvalue weighted by atomic mass is 10.1. The van der Waals surface area contributed by atoms with Crippen molar-refractivity contribution >= 4 is 39.1 Å². The molecule has 214 valence electrons. The molecule has 1 aliphatic carbocycles. The first-order valence-corrected chi connectivity index (χ1v) is 14.9. The molecule has 1 atom stereocenters. The molecular weight excluding hydrogens is 555 g/mol. The molecular formula is C27H33ClF3N3O4S. The van der Waals surface area contributed by atoms with Crippen molar-refractivity contribution in [1.29, 1.82) is 0 Å². The molecule has 0 aliphatic heterocycles. The highest BCUT2D eigenvalue weighted by atomic mass is 35.5. The third-order valence-corrected chi connectivity index (χ3v) is 8.22. The highest BCUT2D eigenvalue weighted by molar-refractivity contribution is 7.92. The van der Waals surface area contributed by atoms with Gasteiger partial charge >= 0.3 is 6.18 Å². The summed E-state index contributed by atoms with van der Waals surface area (Å²) in [6.45, 7) is 2.85. The number of hydrogen-bond acceptors (Lipinski definition) is 4. The second-order valence-electron chi connectivity index (χ2n) is 9.86. The van der Waals surface area contributed by atoms with Crippen molar-refractivity contribution < 1.29 is 31.2 Å². The Balaban J connectivity index is 1.98. The summed E-state index contributed by atoms with van der Waals surface area (Å²) in [4.78, 5) is 28.4. The highest BCUT2D eigenvalue weighted by Gasteiger charge is 2.36. The van der Waals surface area contributed by atoms with Gasteiger partial charge in [0.05, 0.1) is 22.5 Å². The number of halogens is 4. The fraction of sp³-hybridized carbons (Fsp3) is 0.481. The normalized spacial score (nSPS) is 15.2. The summed E-state index contributed by atoms with van der Waals surface area (Å²) in [6.07, 6.45) is -0.0909. The molecule has 1 saturated carbocycles. The van der Waals surface area contributed by atoms with E-state index in [1.165, 1.54) is 4.90 Å². The van der Waals surface area contributed by atoms with Crippen molar-refractivity contribution in [2.24, 2.45) is 0 Å². The van der Waals surface area contributed by atoms with Crippen molar-refractivity contribution in [2.45, 2.75) is 70.8 Å². The van der Waals surface area contributed by atoms with Gasteiger partial charge in [-0.25, -0.2) is 8.42 Å². The number of carbonyl (C=O) groups excluding carboxylic acids is 2. The van der Waals surface area contributed by atoms with E-state index in [0.717, 1.165) is 55.2 Å². The number of nitrogens with one attached hydrogen (secondary N) is 1. The van der Waals surface area contributed by atoms with Crippen LogP contribution in [0.15, 0.2) is 42.5 Å². The molecule has 0 heterocycles. The Morgan fingerprint density at radius 2 is 1.79 bits per heavy atom. The lowest BCUT2D eigenvalue weighted by molar-refractivity contribution is -0.140. The van der Waals surface area contributed by atoms with Gasteiger partial charge < -0.3 is 10.2 Å². The van der Waals surface area contributed by atoms with Gasteiger partial charge in [-0.3, -0.25) is 13.9 Å². The molecule has 0 radical (unpaired) electrons. The van der Waals surface area contributed by atoms with Gasteiger partial charge in [0, 0.05) is 12.6 Å². The van der Waals surface area contributed by atoms with Crippen LogP contribution in [0.2, 0.25) is 5.02 Å². The number of rotatable bonds is 10. The number of aryl methyl sites for hydroxylation is 1. The van der Waals surface area contributed by atoms with E-state index in [2.05, 4.69) is 5.32 Å². The van der Waals surface area contributed by atoms with Crippen LogP contribution in [0.5, 0.6) is 0 Å². The number of carbonyl (C=O) groups is 2. The third kappa shape index (κ3) is 8.11. The standard InChI is InChI=1S/C27H33ClF3N3O4S/c1-4-24(26(36)32-20-10-5-6-11-20)33(16-19-9-7-8-18(2)14-19)25(35)17-34(39(3,37)38)21-12-13-23(28)22(15-21)27(29,30)31/h7-9,12-15,20,24H,4-6,10-11,16-17H2,1-3H3,(H,32,36)/t24-/m0/s1. The zero-order chi connectivity index (χ0) is 29.0. The monoisotopic (exact) mass is 587 g/mol. The third-order valence-electron chi connectivity index (χ3n) is 6.75. The molecule has 3 rings (SSSR count). The quantitative estimate of drug-likeness (QED) is 0.409. The van der Waals surface area contributed by atoms with E-state index < -0.39 is 45.3 Å². The second kappa shape index (κ2) is 12.6. The smallest absolute Gasteiger partial charge is 0.352 e. The van der Waals surface area contributed by atoms with Crippen molar-refractivity contribution in [3.05, 3.63) is 64.2 Å². The van der Waals surface area contributed by atoms with Gasteiger partial charge in [-0.15, -0.1) is 0 Å². The van der Waals surface area contributed by atoms with Gasteiger partial charge in [-0.2, -0.15) is 13.2 Å². The Labute approximate surface area is 232 Å². The van der Waals surface area contributed by atoms with Gasteiger partial charge in [0.1, 0.15) is 12.6 Å². The Morgan fingerprint density at radius 1 is 1.13 bits per heavy atom. The molecule has 2 aromatic carbocycles. The van der Waals surface area contributed by atoms with Crippen LogP contribution < -0.4 is 9.62 Å². The fourth-order valence-corrected chi connectivity index (χ4v) is 5.86. The van der Waals surface area contributed by atoms with Crippen LogP contribution in [0, 0.1) is 6.92 Å². The second-order valence-corrected chi connectivity index (χ2v) is 12.2. The first-order chi connectivity index (χ1) is 18.2. The number of amides is 2. The minimum absolute atomic E-state index is 0.00449. The van der Waals surface area contributed by atoms with Crippen molar-refractivity contribution in [3.8, 4) is 0 Å². The summed E-state index contributed by atoms with van der Waals surface area (Å²) in [5, 5.41) is 2.41. The molecule has 2 amide bonds. The summed E-state index contributed by atoms with van der Waals surface area (Å²) in [5.41, 5.74) is 0.0810. The number of alkyl halides is 3. The number of anilines is 1. The van der Waals surface area contributed by atoms with E-state index in [0.29, 0.717) is 10.4 Å². The minimum Gasteiger partial charge on any atom is -0.352 e. The minimum atomic E-state index is -4.83. The average Bonchev–Trinajstić information content (AvgIpc) is 3.34. The maximum absolute atomic E-state index is 13.7. The summed E-state index contributed by atoms with van der Waals surface area (Å²) in [5.74, 6) is -1.07. The summed E-state index contributed by atoms with van der Waals surface area (Å²) < 4.78 is 66.5. The van der Waals surface area contributed by atoms with Crippen LogP contribution in [0.4, 0.5) is 18.9 Å². The molecule has 1 fully saturated rings. The van der Waals surface area contributed by atoms with E-state index >= 15 is 0 Å². The van der Waals surface area contributed by atoms with Crippen molar-refractivity contribution in [3.63, 3.8) is 0 Å². The molecule has 39 heavy (non-hydrogen) atoms. The van der Waals surface area contributed by atoms with Crippen LogP contribution in [0.25, 0.3) is 0 Å². The number of hydrogen-bond donors (Lipinski definition) is 1. The summed E-state index contributed by atoms with van der Waals surface area (Å²) in [6, 6.07) is 9.08. The molecule has 0 bridgehead atoms. The van der Waals surface area contributed by atoms with E-state index in [-0.39, 0.29) is 30.6 Å². The SMILES string of the molecule is CC[C@@H](C(=O)NC1CCCC1)N(Cc1cccc(C)c1)C(=O)CN(c1ccc(Cl)c(C(F)(F)F)c1)S(C)(=O)=O. The molecule has 0 aromatic heterocycles. The zero-order valence-electron chi connectivity index (χ0n) is 22.1. The maximum Gasteiger partial charge on any atom is 0.417 e. The molecule has 0 spiro atoms. The average molecular weight is 588 g/mol. The number of nitrogens with zero attached hydrogens (tertiary/aromatic N) is 2. The Hall–Kier alpha value is -2.79. The van der Waals surface area contributed by atoms with Crippen LogP contribution in [-0.2, 0) is 32.3 Å². The van der Waals surface area contributed by atoms with Crippen LogP contribution in [-0.4, -0.2) is 50.0 Å². The van der Waals surface area contributed by atoms with Gasteiger partial charge in [0.15, 0.2) is 0 Å². The summed E-state index contributed by atoms with van der Waals surface area (Å²) in [7, 11) is -4.20. The fourth-order valence-electron chi connectivity index (χ4n) is 4.79. The molecule has 0 saturated heterocycles. The van der Waals surface area contributed by atoms with E-state index in [4.69, 9.17) is 11.6 Å². The van der Waals surface area contributed by atoms with Crippen LogP contribution in [0.3, 0.4) is 0 Å². The molecule has 1 N–H and O–H groups in total. The first kappa shape index (κ1) is 30.7. The number of benzene rings is 2.